The van der Waals surface area contributed by atoms with Crippen LogP contribution in [0.5, 0.6) is 5.75 Å². The van der Waals surface area contributed by atoms with Crippen molar-refractivity contribution < 1.29 is 14.3 Å². The molecule has 0 heterocycles. The van der Waals surface area contributed by atoms with Crippen molar-refractivity contribution >= 4 is 17.5 Å². The number of ether oxygens (including phenoxy) is 1. The van der Waals surface area contributed by atoms with Gasteiger partial charge in [-0.25, -0.2) is 0 Å². The number of nitrogens with zero attached hydrogens (tertiary/aromatic N) is 1. The van der Waals surface area contributed by atoms with Crippen molar-refractivity contribution in [3.63, 3.8) is 0 Å². The number of carbonyl (C=O) groups excluding carboxylic acids is 2. The standard InChI is InChI=1S/C21H26N2O3/c1-3-26-20-12-10-19(11-13-20)23(17(2)24)16-15-22-21(25)14-9-18-7-5-4-6-8-18/h4-8,10-13H,3,9,14-16H2,1-2H3,(H,22,25). The third-order valence-corrected chi connectivity index (χ3v) is 3.98. The molecule has 2 rings (SSSR count). The summed E-state index contributed by atoms with van der Waals surface area (Å²) < 4.78 is 5.42. The van der Waals surface area contributed by atoms with E-state index in [0.717, 1.165) is 17.0 Å². The normalized spacial score (nSPS) is 10.2. The number of nitrogens with one attached hydrogen (secondary N) is 1. The Morgan fingerprint density at radius 2 is 1.73 bits per heavy atom. The third kappa shape index (κ3) is 6.24. The van der Waals surface area contributed by atoms with Gasteiger partial charge < -0.3 is 15.0 Å². The summed E-state index contributed by atoms with van der Waals surface area (Å²) in [4.78, 5) is 25.6. The van der Waals surface area contributed by atoms with Gasteiger partial charge in [0.1, 0.15) is 5.75 Å². The van der Waals surface area contributed by atoms with Gasteiger partial charge in [0, 0.05) is 32.1 Å². The lowest BCUT2D eigenvalue weighted by Crippen LogP contribution is -2.37. The van der Waals surface area contributed by atoms with Crippen molar-refractivity contribution in [3.8, 4) is 5.75 Å². The van der Waals surface area contributed by atoms with E-state index in [1.54, 1.807) is 4.90 Å². The molecule has 138 valence electrons. The van der Waals surface area contributed by atoms with E-state index in [1.807, 2.05) is 61.5 Å². The molecule has 2 aromatic rings. The first-order chi connectivity index (χ1) is 12.6. The Bertz CT molecular complexity index is 699. The summed E-state index contributed by atoms with van der Waals surface area (Å²) in [6.45, 7) is 4.90. The average molecular weight is 354 g/mol. The highest BCUT2D eigenvalue weighted by Crippen LogP contribution is 2.19. The summed E-state index contributed by atoms with van der Waals surface area (Å²) in [6.07, 6.45) is 1.15. The van der Waals surface area contributed by atoms with Gasteiger partial charge in [0.2, 0.25) is 11.8 Å². The van der Waals surface area contributed by atoms with Gasteiger partial charge in [0.05, 0.1) is 6.61 Å². The number of aryl methyl sites for hydroxylation is 1. The Morgan fingerprint density at radius 1 is 1.04 bits per heavy atom. The van der Waals surface area contributed by atoms with Crippen LogP contribution in [-0.2, 0) is 16.0 Å². The van der Waals surface area contributed by atoms with E-state index >= 15 is 0 Å². The molecule has 26 heavy (non-hydrogen) atoms. The molecule has 0 fully saturated rings. The second kappa shape index (κ2) is 10.2. The predicted octanol–water partition coefficient (Wildman–Crippen LogP) is 3.19. The molecule has 0 unspecified atom stereocenters. The van der Waals surface area contributed by atoms with Crippen LogP contribution in [-0.4, -0.2) is 31.5 Å². The molecule has 5 nitrogen and oxygen atoms in total. The van der Waals surface area contributed by atoms with Gasteiger partial charge in [-0.2, -0.15) is 0 Å². The maximum atomic E-state index is 12.0. The molecule has 0 atom stereocenters. The van der Waals surface area contributed by atoms with Gasteiger partial charge in [-0.15, -0.1) is 0 Å². The van der Waals surface area contributed by atoms with Crippen molar-refractivity contribution in [2.45, 2.75) is 26.7 Å². The average Bonchev–Trinajstić information content (AvgIpc) is 2.65. The fourth-order valence-electron chi connectivity index (χ4n) is 2.66. The van der Waals surface area contributed by atoms with E-state index in [9.17, 15) is 9.59 Å². The van der Waals surface area contributed by atoms with Crippen molar-refractivity contribution in [2.24, 2.45) is 0 Å². The number of hydrogen-bond acceptors (Lipinski definition) is 3. The zero-order valence-electron chi connectivity index (χ0n) is 15.4. The van der Waals surface area contributed by atoms with Gasteiger partial charge in [0.15, 0.2) is 0 Å². The lowest BCUT2D eigenvalue weighted by atomic mass is 10.1. The fraction of sp³-hybridized carbons (Fsp3) is 0.333. The Hall–Kier alpha value is -2.82. The maximum Gasteiger partial charge on any atom is 0.223 e. The SMILES string of the molecule is CCOc1ccc(N(CCNC(=O)CCc2ccccc2)C(C)=O)cc1. The summed E-state index contributed by atoms with van der Waals surface area (Å²) in [5.74, 6) is 0.700. The number of carbonyl (C=O) groups is 2. The largest absolute Gasteiger partial charge is 0.494 e. The predicted molar refractivity (Wildman–Crippen MR) is 103 cm³/mol. The van der Waals surface area contributed by atoms with Crippen LogP contribution in [0.1, 0.15) is 25.8 Å². The van der Waals surface area contributed by atoms with Crippen LogP contribution in [0.3, 0.4) is 0 Å². The Labute approximate surface area is 155 Å². The van der Waals surface area contributed by atoms with Gasteiger partial charge >= 0.3 is 0 Å². The monoisotopic (exact) mass is 354 g/mol. The smallest absolute Gasteiger partial charge is 0.223 e. The van der Waals surface area contributed by atoms with Gasteiger partial charge in [-0.3, -0.25) is 9.59 Å². The maximum absolute atomic E-state index is 12.0. The molecule has 0 aromatic heterocycles. The number of rotatable bonds is 9. The van der Waals surface area contributed by atoms with E-state index in [-0.39, 0.29) is 11.8 Å². The quantitative estimate of drug-likeness (QED) is 0.752. The number of hydrogen-bond donors (Lipinski definition) is 1. The van der Waals surface area contributed by atoms with Gasteiger partial charge in [0.25, 0.3) is 0 Å². The van der Waals surface area contributed by atoms with E-state index in [2.05, 4.69) is 5.32 Å². The van der Waals surface area contributed by atoms with Crippen LogP contribution < -0.4 is 15.0 Å². The molecule has 2 aromatic carbocycles. The highest BCUT2D eigenvalue weighted by Gasteiger charge is 2.12. The number of benzene rings is 2. The fourth-order valence-corrected chi connectivity index (χ4v) is 2.66. The summed E-state index contributed by atoms with van der Waals surface area (Å²) in [5, 5.41) is 2.88. The summed E-state index contributed by atoms with van der Waals surface area (Å²) in [7, 11) is 0. The Morgan fingerprint density at radius 3 is 2.35 bits per heavy atom. The van der Waals surface area contributed by atoms with Crippen LogP contribution in [0, 0.1) is 0 Å². The van der Waals surface area contributed by atoms with Gasteiger partial charge in [-0.1, -0.05) is 30.3 Å². The number of anilines is 1. The first-order valence-electron chi connectivity index (χ1n) is 8.91. The van der Waals surface area contributed by atoms with Crippen molar-refractivity contribution in [1.82, 2.24) is 5.32 Å². The molecule has 5 heteroatoms. The van der Waals surface area contributed by atoms with Crippen LogP contribution in [0.2, 0.25) is 0 Å². The molecular weight excluding hydrogens is 328 g/mol. The van der Waals surface area contributed by atoms with E-state index < -0.39 is 0 Å². The molecule has 0 saturated carbocycles. The minimum absolute atomic E-state index is 0.0101. The molecule has 0 aliphatic heterocycles. The molecule has 1 N–H and O–H groups in total. The molecule has 2 amide bonds. The molecule has 0 saturated heterocycles. The first kappa shape index (κ1) is 19.5. The topological polar surface area (TPSA) is 58.6 Å². The van der Waals surface area contributed by atoms with Crippen LogP contribution in [0.25, 0.3) is 0 Å². The Balaban J connectivity index is 1.80. The lowest BCUT2D eigenvalue weighted by Gasteiger charge is -2.21. The zero-order chi connectivity index (χ0) is 18.8. The summed E-state index contributed by atoms with van der Waals surface area (Å²) >= 11 is 0. The highest BCUT2D eigenvalue weighted by atomic mass is 16.5. The molecule has 0 aliphatic carbocycles. The van der Waals surface area contributed by atoms with E-state index in [1.165, 1.54) is 6.92 Å². The minimum Gasteiger partial charge on any atom is -0.494 e. The van der Waals surface area contributed by atoms with Gasteiger partial charge in [-0.05, 0) is 43.2 Å². The molecule has 0 bridgehead atoms. The molecule has 0 spiro atoms. The minimum atomic E-state index is -0.0623. The molecule has 0 aliphatic rings. The molecular formula is C21H26N2O3. The Kier molecular flexibility index (Phi) is 7.68. The van der Waals surface area contributed by atoms with Crippen molar-refractivity contribution in [2.75, 3.05) is 24.6 Å². The third-order valence-electron chi connectivity index (χ3n) is 3.98. The van der Waals surface area contributed by atoms with Crippen LogP contribution in [0.4, 0.5) is 5.69 Å². The molecule has 0 radical (unpaired) electrons. The zero-order valence-corrected chi connectivity index (χ0v) is 15.4. The highest BCUT2D eigenvalue weighted by molar-refractivity contribution is 5.91. The van der Waals surface area contributed by atoms with E-state index in [4.69, 9.17) is 4.74 Å². The number of amides is 2. The first-order valence-corrected chi connectivity index (χ1v) is 8.91. The van der Waals surface area contributed by atoms with Crippen LogP contribution in [0.15, 0.2) is 54.6 Å². The lowest BCUT2D eigenvalue weighted by molar-refractivity contribution is -0.121. The van der Waals surface area contributed by atoms with E-state index in [0.29, 0.717) is 32.5 Å². The van der Waals surface area contributed by atoms with Crippen molar-refractivity contribution in [3.05, 3.63) is 60.2 Å². The van der Waals surface area contributed by atoms with Crippen LogP contribution >= 0.6 is 0 Å². The summed E-state index contributed by atoms with van der Waals surface area (Å²) in [5.41, 5.74) is 1.93. The second-order valence-electron chi connectivity index (χ2n) is 5.93. The van der Waals surface area contributed by atoms with Crippen molar-refractivity contribution in [1.29, 1.82) is 0 Å². The summed E-state index contributed by atoms with van der Waals surface area (Å²) in [6, 6.07) is 17.3. The second-order valence-corrected chi connectivity index (χ2v) is 5.93.